The third-order valence-corrected chi connectivity index (χ3v) is 2.18. The van der Waals surface area contributed by atoms with Crippen LogP contribution < -0.4 is 5.73 Å². The first-order valence-electron chi connectivity index (χ1n) is 4.66. The minimum atomic E-state index is -0.734. The molecule has 0 spiro atoms. The zero-order valence-corrected chi connectivity index (χ0v) is 8.86. The van der Waals surface area contributed by atoms with E-state index in [2.05, 4.69) is 4.74 Å². The van der Waals surface area contributed by atoms with Crippen molar-refractivity contribution in [2.45, 2.75) is 19.4 Å². The highest BCUT2D eigenvalue weighted by Gasteiger charge is 2.16. The van der Waals surface area contributed by atoms with Crippen LogP contribution in [-0.4, -0.2) is 24.2 Å². The second kappa shape index (κ2) is 4.79. The molecule has 0 saturated heterocycles. The topological polar surface area (TPSA) is 72.5 Å². The van der Waals surface area contributed by atoms with Gasteiger partial charge in [-0.3, -0.25) is 4.79 Å². The summed E-state index contributed by atoms with van der Waals surface area (Å²) in [6, 6.07) is 4.46. The van der Waals surface area contributed by atoms with E-state index < -0.39 is 12.0 Å². The smallest absolute Gasteiger partial charge is 0.322 e. The van der Waals surface area contributed by atoms with Gasteiger partial charge in [0.25, 0.3) is 0 Å². The summed E-state index contributed by atoms with van der Waals surface area (Å²) >= 11 is 0. The van der Waals surface area contributed by atoms with Crippen LogP contribution in [0.2, 0.25) is 0 Å². The monoisotopic (exact) mass is 209 g/mol. The number of aryl methyl sites for hydroxylation is 1. The number of benzene rings is 1. The molecule has 0 amide bonds. The molecular weight excluding hydrogens is 194 g/mol. The Kier molecular flexibility index (Phi) is 3.68. The summed E-state index contributed by atoms with van der Waals surface area (Å²) in [6.07, 6.45) is 0.278. The quantitative estimate of drug-likeness (QED) is 0.720. The third kappa shape index (κ3) is 2.95. The van der Waals surface area contributed by atoms with Gasteiger partial charge in [-0.05, 0) is 18.6 Å². The molecular formula is C11H15NO3. The highest BCUT2D eigenvalue weighted by molar-refractivity contribution is 5.75. The zero-order valence-electron chi connectivity index (χ0n) is 8.86. The van der Waals surface area contributed by atoms with Crippen LogP contribution in [0.5, 0.6) is 5.75 Å². The van der Waals surface area contributed by atoms with Gasteiger partial charge in [0.1, 0.15) is 11.8 Å². The van der Waals surface area contributed by atoms with E-state index >= 15 is 0 Å². The Balaban J connectivity index is 2.80. The summed E-state index contributed by atoms with van der Waals surface area (Å²) in [4.78, 5) is 11.1. The molecule has 0 heterocycles. The summed E-state index contributed by atoms with van der Waals surface area (Å²) < 4.78 is 4.51. The highest BCUT2D eigenvalue weighted by Crippen LogP contribution is 2.19. The van der Waals surface area contributed by atoms with E-state index in [1.165, 1.54) is 7.11 Å². The van der Waals surface area contributed by atoms with Gasteiger partial charge in [0.2, 0.25) is 0 Å². The number of phenolic OH excluding ortho intramolecular Hbond substituents is 1. The van der Waals surface area contributed by atoms with Crippen LogP contribution in [0, 0.1) is 6.92 Å². The summed E-state index contributed by atoms with van der Waals surface area (Å²) in [5, 5.41) is 9.53. The molecule has 82 valence electrons. The molecule has 0 aliphatic rings. The van der Waals surface area contributed by atoms with Crippen molar-refractivity contribution in [2.75, 3.05) is 7.11 Å². The second-order valence-electron chi connectivity index (χ2n) is 3.47. The highest BCUT2D eigenvalue weighted by atomic mass is 16.5. The Bertz CT molecular complexity index is 363. The molecule has 4 heteroatoms. The Morgan fingerprint density at radius 1 is 1.60 bits per heavy atom. The van der Waals surface area contributed by atoms with Crippen molar-refractivity contribution in [1.82, 2.24) is 0 Å². The predicted octanol–water partition coefficient (Wildman–Crippen LogP) is 0.743. The number of rotatable bonds is 3. The molecule has 1 rings (SSSR count). The fraction of sp³-hybridized carbons (Fsp3) is 0.364. The molecule has 1 aromatic carbocycles. The first kappa shape index (κ1) is 11.5. The lowest BCUT2D eigenvalue weighted by Gasteiger charge is -2.10. The van der Waals surface area contributed by atoms with Gasteiger partial charge in [-0.1, -0.05) is 17.7 Å². The third-order valence-electron chi connectivity index (χ3n) is 2.18. The molecule has 0 fully saturated rings. The van der Waals surface area contributed by atoms with Gasteiger partial charge >= 0.3 is 5.97 Å². The van der Waals surface area contributed by atoms with Crippen LogP contribution in [-0.2, 0) is 16.0 Å². The summed E-state index contributed by atoms with van der Waals surface area (Å²) in [5.74, 6) is -0.323. The summed E-state index contributed by atoms with van der Waals surface area (Å²) in [6.45, 7) is 1.91. The lowest BCUT2D eigenvalue weighted by Crippen LogP contribution is -2.33. The number of esters is 1. The molecule has 0 saturated carbocycles. The standard InChI is InChI=1S/C11H15NO3/c1-7-3-4-10(13)8(5-7)6-9(12)11(14)15-2/h3-5,9,13H,6,12H2,1-2H3. The molecule has 1 atom stereocenters. The van der Waals surface area contributed by atoms with Crippen molar-refractivity contribution in [3.05, 3.63) is 29.3 Å². The van der Waals surface area contributed by atoms with Crippen LogP contribution in [0.1, 0.15) is 11.1 Å². The van der Waals surface area contributed by atoms with Crippen molar-refractivity contribution < 1.29 is 14.6 Å². The molecule has 4 nitrogen and oxygen atoms in total. The fourth-order valence-electron chi connectivity index (χ4n) is 1.35. The molecule has 15 heavy (non-hydrogen) atoms. The zero-order chi connectivity index (χ0) is 11.4. The predicted molar refractivity (Wildman–Crippen MR) is 56.5 cm³/mol. The number of carbonyl (C=O) groups excluding carboxylic acids is 1. The van der Waals surface area contributed by atoms with E-state index in [0.29, 0.717) is 5.56 Å². The maximum Gasteiger partial charge on any atom is 0.322 e. The van der Waals surface area contributed by atoms with Gasteiger partial charge in [-0.25, -0.2) is 0 Å². The van der Waals surface area contributed by atoms with Crippen LogP contribution in [0.4, 0.5) is 0 Å². The molecule has 1 aromatic rings. The molecule has 0 aliphatic carbocycles. The SMILES string of the molecule is COC(=O)C(N)Cc1cc(C)ccc1O. The second-order valence-corrected chi connectivity index (χ2v) is 3.47. The Labute approximate surface area is 88.7 Å². The fourth-order valence-corrected chi connectivity index (χ4v) is 1.35. The van der Waals surface area contributed by atoms with E-state index in [-0.39, 0.29) is 12.2 Å². The molecule has 0 bridgehead atoms. The lowest BCUT2D eigenvalue weighted by atomic mass is 10.0. The van der Waals surface area contributed by atoms with E-state index in [4.69, 9.17) is 5.73 Å². The van der Waals surface area contributed by atoms with Gasteiger partial charge in [0, 0.05) is 6.42 Å². The molecule has 0 aliphatic heterocycles. The van der Waals surface area contributed by atoms with Gasteiger partial charge in [-0.2, -0.15) is 0 Å². The maximum atomic E-state index is 11.1. The van der Waals surface area contributed by atoms with Crippen LogP contribution in [0.15, 0.2) is 18.2 Å². The van der Waals surface area contributed by atoms with Gasteiger partial charge in [0.15, 0.2) is 0 Å². The number of hydrogen-bond donors (Lipinski definition) is 2. The average Bonchev–Trinajstić information content (AvgIpc) is 2.22. The van der Waals surface area contributed by atoms with Gasteiger partial charge in [0.05, 0.1) is 7.11 Å². The minimum absolute atomic E-state index is 0.153. The Morgan fingerprint density at radius 3 is 2.87 bits per heavy atom. The molecule has 0 aromatic heterocycles. The number of carbonyl (C=O) groups is 1. The lowest BCUT2D eigenvalue weighted by molar-refractivity contribution is -0.142. The average molecular weight is 209 g/mol. The van der Waals surface area contributed by atoms with E-state index in [1.54, 1.807) is 18.2 Å². The molecule has 1 unspecified atom stereocenters. The van der Waals surface area contributed by atoms with Crippen molar-refractivity contribution in [2.24, 2.45) is 5.73 Å². The van der Waals surface area contributed by atoms with Crippen LogP contribution in [0.25, 0.3) is 0 Å². The normalized spacial score (nSPS) is 12.2. The number of aromatic hydroxyl groups is 1. The minimum Gasteiger partial charge on any atom is -0.508 e. The van der Waals surface area contributed by atoms with E-state index in [9.17, 15) is 9.90 Å². The largest absolute Gasteiger partial charge is 0.508 e. The first-order valence-corrected chi connectivity index (χ1v) is 4.66. The van der Waals surface area contributed by atoms with Crippen LogP contribution in [0.3, 0.4) is 0 Å². The number of phenols is 1. The molecule has 3 N–H and O–H groups in total. The first-order chi connectivity index (χ1) is 7.04. The number of ether oxygens (including phenoxy) is 1. The van der Waals surface area contributed by atoms with Gasteiger partial charge in [-0.15, -0.1) is 0 Å². The Hall–Kier alpha value is -1.55. The number of nitrogens with two attached hydrogens (primary N) is 1. The maximum absolute atomic E-state index is 11.1. The summed E-state index contributed by atoms with van der Waals surface area (Å²) in [5.41, 5.74) is 7.27. The van der Waals surface area contributed by atoms with Crippen molar-refractivity contribution in [1.29, 1.82) is 0 Å². The number of methoxy groups -OCH3 is 1. The van der Waals surface area contributed by atoms with Crippen molar-refractivity contribution in [3.63, 3.8) is 0 Å². The molecule has 0 radical (unpaired) electrons. The van der Waals surface area contributed by atoms with Gasteiger partial charge < -0.3 is 15.6 Å². The summed E-state index contributed by atoms with van der Waals surface area (Å²) in [7, 11) is 1.29. The Morgan fingerprint density at radius 2 is 2.27 bits per heavy atom. The van der Waals surface area contributed by atoms with Crippen LogP contribution >= 0.6 is 0 Å². The van der Waals surface area contributed by atoms with E-state index in [1.807, 2.05) is 6.92 Å². The number of hydrogen-bond acceptors (Lipinski definition) is 4. The van der Waals surface area contributed by atoms with Crippen molar-refractivity contribution >= 4 is 5.97 Å². The van der Waals surface area contributed by atoms with E-state index in [0.717, 1.165) is 5.56 Å². The van der Waals surface area contributed by atoms with Crippen molar-refractivity contribution in [3.8, 4) is 5.75 Å².